The Balaban J connectivity index is 2.34. The zero-order valence-electron chi connectivity index (χ0n) is 15.5. The second-order valence-electron chi connectivity index (χ2n) is 6.53. The van der Waals surface area contributed by atoms with Gasteiger partial charge in [0, 0.05) is 22.0 Å². The molecule has 0 bridgehead atoms. The predicted molar refractivity (Wildman–Crippen MR) is 115 cm³/mol. The fourth-order valence-electron chi connectivity index (χ4n) is 3.44. The molecule has 0 aliphatic heterocycles. The van der Waals surface area contributed by atoms with E-state index < -0.39 is 10.0 Å². The maximum Gasteiger partial charge on any atom is 0.238 e. The topological polar surface area (TPSA) is 89.6 Å². The van der Waals surface area contributed by atoms with E-state index in [0.717, 1.165) is 38.5 Å². The normalized spacial score (nSPS) is 11.7. The SMILES string of the molecule is COc1c(CCCCO)cc(-c2cc(Br)ccc2S(N)(=O)=O)c2ccccc12. The number of aryl methyl sites for hydroxylation is 1. The Morgan fingerprint density at radius 2 is 1.75 bits per heavy atom. The molecular weight excluding hydrogens is 442 g/mol. The lowest BCUT2D eigenvalue weighted by Gasteiger charge is -2.17. The lowest BCUT2D eigenvalue weighted by atomic mass is 9.92. The molecule has 3 N–H and O–H groups in total. The maximum atomic E-state index is 12.2. The monoisotopic (exact) mass is 463 g/mol. The van der Waals surface area contributed by atoms with Crippen molar-refractivity contribution in [3.63, 3.8) is 0 Å². The lowest BCUT2D eigenvalue weighted by molar-refractivity contribution is 0.284. The van der Waals surface area contributed by atoms with Crippen LogP contribution in [-0.2, 0) is 16.4 Å². The van der Waals surface area contributed by atoms with Gasteiger partial charge in [0.25, 0.3) is 0 Å². The number of fused-ring (bicyclic) bond motifs is 1. The predicted octanol–water partition coefficient (Wildman–Crippen LogP) is 4.24. The van der Waals surface area contributed by atoms with Crippen molar-refractivity contribution in [1.82, 2.24) is 0 Å². The minimum absolute atomic E-state index is 0.0762. The summed E-state index contributed by atoms with van der Waals surface area (Å²) in [5, 5.41) is 16.4. The summed E-state index contributed by atoms with van der Waals surface area (Å²) in [7, 11) is -2.27. The van der Waals surface area contributed by atoms with E-state index in [1.807, 2.05) is 30.3 Å². The summed E-state index contributed by atoms with van der Waals surface area (Å²) in [4.78, 5) is 0.0762. The van der Waals surface area contributed by atoms with Gasteiger partial charge in [-0.25, -0.2) is 13.6 Å². The molecule has 7 heteroatoms. The molecule has 0 amide bonds. The number of hydrogen-bond acceptors (Lipinski definition) is 4. The second-order valence-corrected chi connectivity index (χ2v) is 8.97. The Morgan fingerprint density at radius 3 is 2.39 bits per heavy atom. The van der Waals surface area contributed by atoms with E-state index in [-0.39, 0.29) is 11.5 Å². The molecule has 0 fully saturated rings. The number of hydrogen-bond donors (Lipinski definition) is 2. The molecule has 28 heavy (non-hydrogen) atoms. The maximum absolute atomic E-state index is 12.2. The fraction of sp³-hybridized carbons (Fsp3) is 0.238. The first-order valence-electron chi connectivity index (χ1n) is 8.89. The highest BCUT2D eigenvalue weighted by molar-refractivity contribution is 9.10. The standard InChI is InChI=1S/C21H22BrNO4S/c1-27-21-14(6-4-5-11-24)12-18(16-7-2-3-8-17(16)21)19-13-15(22)9-10-20(19)28(23,25)26/h2-3,7-10,12-13,24H,4-6,11H2,1H3,(H2,23,25,26). The van der Waals surface area contributed by atoms with Crippen LogP contribution in [0.1, 0.15) is 18.4 Å². The summed E-state index contributed by atoms with van der Waals surface area (Å²) in [6.45, 7) is 0.129. The molecular formula is C21H22BrNO4S. The molecule has 0 aliphatic carbocycles. The van der Waals surface area contributed by atoms with Crippen LogP contribution >= 0.6 is 15.9 Å². The number of rotatable bonds is 7. The highest BCUT2D eigenvalue weighted by Crippen LogP contribution is 2.40. The van der Waals surface area contributed by atoms with Crippen LogP contribution in [0.5, 0.6) is 5.75 Å². The van der Waals surface area contributed by atoms with Gasteiger partial charge in [0.2, 0.25) is 10.0 Å². The van der Waals surface area contributed by atoms with E-state index in [1.54, 1.807) is 19.2 Å². The van der Waals surface area contributed by atoms with Crippen molar-refractivity contribution in [2.75, 3.05) is 13.7 Å². The smallest absolute Gasteiger partial charge is 0.238 e. The summed E-state index contributed by atoms with van der Waals surface area (Å²) in [5.74, 6) is 0.768. The summed E-state index contributed by atoms with van der Waals surface area (Å²) in [6.07, 6.45) is 2.19. The van der Waals surface area contributed by atoms with Gasteiger partial charge in [0.1, 0.15) is 5.75 Å². The summed E-state index contributed by atoms with van der Waals surface area (Å²) >= 11 is 3.43. The Kier molecular flexibility index (Phi) is 6.40. The van der Waals surface area contributed by atoms with Gasteiger partial charge >= 0.3 is 0 Å². The van der Waals surface area contributed by atoms with Crippen molar-refractivity contribution < 1.29 is 18.3 Å². The molecule has 148 valence electrons. The van der Waals surface area contributed by atoms with E-state index in [2.05, 4.69) is 15.9 Å². The van der Waals surface area contributed by atoms with E-state index in [1.165, 1.54) is 6.07 Å². The van der Waals surface area contributed by atoms with Crippen molar-refractivity contribution in [3.05, 3.63) is 58.6 Å². The minimum atomic E-state index is -3.90. The third-order valence-electron chi connectivity index (χ3n) is 4.67. The van der Waals surface area contributed by atoms with Gasteiger partial charge in [-0.3, -0.25) is 0 Å². The van der Waals surface area contributed by atoms with Crippen molar-refractivity contribution >= 4 is 36.7 Å². The van der Waals surface area contributed by atoms with Crippen LogP contribution in [0, 0.1) is 0 Å². The molecule has 0 aromatic heterocycles. The Hall–Kier alpha value is -1.93. The van der Waals surface area contributed by atoms with E-state index in [0.29, 0.717) is 18.4 Å². The first-order chi connectivity index (χ1) is 13.4. The third-order valence-corrected chi connectivity index (χ3v) is 6.13. The van der Waals surface area contributed by atoms with Gasteiger partial charge in [-0.05, 0) is 60.0 Å². The molecule has 5 nitrogen and oxygen atoms in total. The van der Waals surface area contributed by atoms with Gasteiger partial charge in [-0.2, -0.15) is 0 Å². The van der Waals surface area contributed by atoms with Crippen LogP contribution in [0.15, 0.2) is 57.9 Å². The van der Waals surface area contributed by atoms with E-state index in [9.17, 15) is 8.42 Å². The van der Waals surface area contributed by atoms with Gasteiger partial charge in [-0.15, -0.1) is 0 Å². The van der Waals surface area contributed by atoms with Crippen molar-refractivity contribution in [1.29, 1.82) is 0 Å². The third kappa shape index (κ3) is 4.22. The van der Waals surface area contributed by atoms with Gasteiger partial charge in [0.15, 0.2) is 0 Å². The van der Waals surface area contributed by atoms with Crippen LogP contribution in [0.25, 0.3) is 21.9 Å². The first kappa shape index (κ1) is 20.8. The van der Waals surface area contributed by atoms with E-state index >= 15 is 0 Å². The van der Waals surface area contributed by atoms with Gasteiger partial charge in [-0.1, -0.05) is 40.2 Å². The number of methoxy groups -OCH3 is 1. The number of halogens is 1. The molecule has 0 atom stereocenters. The number of sulfonamides is 1. The zero-order chi connectivity index (χ0) is 20.3. The molecule has 0 spiro atoms. The number of unbranched alkanes of at least 4 members (excludes halogenated alkanes) is 1. The van der Waals surface area contributed by atoms with Crippen molar-refractivity contribution in [2.24, 2.45) is 5.14 Å². The quantitative estimate of drug-likeness (QED) is 0.512. The molecule has 3 rings (SSSR count). The lowest BCUT2D eigenvalue weighted by Crippen LogP contribution is -2.13. The van der Waals surface area contributed by atoms with Crippen LogP contribution in [-0.4, -0.2) is 27.2 Å². The average Bonchev–Trinajstić information content (AvgIpc) is 2.66. The number of aliphatic hydroxyl groups excluding tert-OH is 1. The summed E-state index contributed by atoms with van der Waals surface area (Å²) in [5.41, 5.74) is 2.28. The second kappa shape index (κ2) is 8.61. The summed E-state index contributed by atoms with van der Waals surface area (Å²) < 4.78 is 30.9. The van der Waals surface area contributed by atoms with Crippen LogP contribution in [0.2, 0.25) is 0 Å². The zero-order valence-corrected chi connectivity index (χ0v) is 17.9. The van der Waals surface area contributed by atoms with Crippen LogP contribution in [0.4, 0.5) is 0 Å². The minimum Gasteiger partial charge on any atom is -0.496 e. The van der Waals surface area contributed by atoms with Gasteiger partial charge in [0.05, 0.1) is 12.0 Å². The molecule has 0 saturated heterocycles. The average molecular weight is 464 g/mol. The molecule has 3 aromatic carbocycles. The first-order valence-corrected chi connectivity index (χ1v) is 11.2. The van der Waals surface area contributed by atoms with Gasteiger partial charge < -0.3 is 9.84 Å². The molecule has 0 radical (unpaired) electrons. The highest BCUT2D eigenvalue weighted by atomic mass is 79.9. The molecule has 3 aromatic rings. The molecule has 0 unspecified atom stereocenters. The highest BCUT2D eigenvalue weighted by Gasteiger charge is 2.20. The number of aliphatic hydroxyl groups is 1. The fourth-order valence-corrected chi connectivity index (χ4v) is 4.54. The van der Waals surface area contributed by atoms with Crippen molar-refractivity contribution in [2.45, 2.75) is 24.2 Å². The Labute approximate surface area is 173 Å². The largest absolute Gasteiger partial charge is 0.496 e. The number of benzene rings is 3. The number of nitrogens with two attached hydrogens (primary N) is 1. The number of ether oxygens (including phenoxy) is 1. The Bertz CT molecular complexity index is 1110. The summed E-state index contributed by atoms with van der Waals surface area (Å²) in [6, 6.07) is 14.6. The molecule has 0 saturated carbocycles. The molecule has 0 aliphatic rings. The number of primary sulfonamides is 1. The Morgan fingerprint density at radius 1 is 1.04 bits per heavy atom. The van der Waals surface area contributed by atoms with E-state index in [4.69, 9.17) is 15.0 Å². The molecule has 0 heterocycles. The van der Waals surface area contributed by atoms with Crippen LogP contribution < -0.4 is 9.88 Å². The van der Waals surface area contributed by atoms with Crippen molar-refractivity contribution in [3.8, 4) is 16.9 Å². The van der Waals surface area contributed by atoms with Crippen LogP contribution in [0.3, 0.4) is 0 Å².